The van der Waals surface area contributed by atoms with E-state index in [0.29, 0.717) is 5.54 Å². The van der Waals surface area contributed by atoms with E-state index < -0.39 is 0 Å². The fourth-order valence-corrected chi connectivity index (χ4v) is 6.53. The molecule has 4 saturated carbocycles. The van der Waals surface area contributed by atoms with Crippen LogP contribution in [0.5, 0.6) is 0 Å². The third-order valence-corrected chi connectivity index (χ3v) is 7.47. The first-order chi connectivity index (χ1) is 12.4. The molecular formula is C23H31N3. The van der Waals surface area contributed by atoms with E-state index in [1.165, 1.54) is 66.6 Å². The average Bonchev–Trinajstić information content (AvgIpc) is 3.04. The molecule has 2 heterocycles. The maximum Gasteiger partial charge on any atom is 0.0907 e. The van der Waals surface area contributed by atoms with Gasteiger partial charge in [-0.15, -0.1) is 0 Å². The van der Waals surface area contributed by atoms with Crippen molar-refractivity contribution in [2.45, 2.75) is 71.8 Å². The van der Waals surface area contributed by atoms with E-state index in [2.05, 4.69) is 50.3 Å². The van der Waals surface area contributed by atoms with Gasteiger partial charge in [0.2, 0.25) is 0 Å². The quantitative estimate of drug-likeness (QED) is 0.776. The van der Waals surface area contributed by atoms with Gasteiger partial charge in [0.15, 0.2) is 0 Å². The van der Waals surface area contributed by atoms with Gasteiger partial charge in [-0.1, -0.05) is 0 Å². The molecule has 0 unspecified atom stereocenters. The van der Waals surface area contributed by atoms with Crippen molar-refractivity contribution in [3.63, 3.8) is 0 Å². The number of rotatable bonds is 3. The zero-order chi connectivity index (χ0) is 18.1. The normalized spacial score (nSPS) is 37.0. The second-order valence-corrected chi connectivity index (χ2v) is 9.59. The summed E-state index contributed by atoms with van der Waals surface area (Å²) >= 11 is 0. The molecule has 0 radical (unpaired) electrons. The highest BCUT2D eigenvalue weighted by molar-refractivity contribution is 6.15. The van der Waals surface area contributed by atoms with Gasteiger partial charge in [0.05, 0.1) is 17.1 Å². The van der Waals surface area contributed by atoms with Crippen LogP contribution in [0, 0.1) is 31.6 Å². The Morgan fingerprint density at radius 1 is 1.00 bits per heavy atom. The number of aliphatic imine (C=N–C) groups is 1. The molecular weight excluding hydrogens is 318 g/mol. The van der Waals surface area contributed by atoms with Gasteiger partial charge in [0, 0.05) is 17.4 Å². The van der Waals surface area contributed by atoms with Crippen LogP contribution in [-0.4, -0.2) is 16.2 Å². The van der Waals surface area contributed by atoms with Crippen LogP contribution < -0.4 is 5.32 Å². The lowest BCUT2D eigenvalue weighted by Crippen LogP contribution is -2.57. The van der Waals surface area contributed by atoms with E-state index in [1.54, 1.807) is 0 Å². The Morgan fingerprint density at radius 3 is 2.15 bits per heavy atom. The predicted octanol–water partition coefficient (Wildman–Crippen LogP) is 5.17. The fourth-order valence-electron chi connectivity index (χ4n) is 6.53. The van der Waals surface area contributed by atoms with E-state index in [-0.39, 0.29) is 0 Å². The van der Waals surface area contributed by atoms with E-state index in [4.69, 9.17) is 4.99 Å². The molecule has 1 aliphatic heterocycles. The average molecular weight is 350 g/mol. The van der Waals surface area contributed by atoms with Crippen molar-refractivity contribution in [1.82, 2.24) is 10.3 Å². The molecule has 6 rings (SSSR count). The number of aromatic amines is 1. The van der Waals surface area contributed by atoms with Crippen molar-refractivity contribution in [3.05, 3.63) is 46.1 Å². The van der Waals surface area contributed by atoms with E-state index >= 15 is 0 Å². The topological polar surface area (TPSA) is 40.2 Å². The van der Waals surface area contributed by atoms with Crippen LogP contribution in [0.15, 0.2) is 34.1 Å². The van der Waals surface area contributed by atoms with Crippen LogP contribution in [0.1, 0.15) is 69.3 Å². The zero-order valence-electron chi connectivity index (χ0n) is 16.6. The Hall–Kier alpha value is -1.77. The first kappa shape index (κ1) is 16.4. The first-order valence-corrected chi connectivity index (χ1v) is 10.3. The molecule has 0 atom stereocenters. The van der Waals surface area contributed by atoms with Crippen LogP contribution >= 0.6 is 0 Å². The SMILES string of the molecule is CC1=C(C)/C(=C\NC23CC4CC(CC(C4)C2)C3)N=C1c1[nH]c(C)cc1C. The minimum absolute atomic E-state index is 0.354. The monoisotopic (exact) mass is 349 g/mol. The van der Waals surface area contributed by atoms with Gasteiger partial charge in [0.25, 0.3) is 0 Å². The molecule has 0 spiro atoms. The molecule has 1 aromatic rings. The molecule has 4 bridgehead atoms. The van der Waals surface area contributed by atoms with Crippen molar-refractivity contribution in [3.8, 4) is 0 Å². The van der Waals surface area contributed by atoms with Crippen LogP contribution in [0.2, 0.25) is 0 Å². The Balaban J connectivity index is 1.43. The maximum atomic E-state index is 5.02. The zero-order valence-corrected chi connectivity index (χ0v) is 16.6. The molecule has 138 valence electrons. The standard InChI is InChI=1S/C23H31N3/c1-13-5-14(2)25-21(13)22-16(4)15(3)20(26-22)12-24-23-9-17-6-18(10-23)8-19(7-17)11-23/h5,12,17-19,24-25H,6-11H2,1-4H3/b20-12+. The maximum absolute atomic E-state index is 5.02. The number of hydrogen-bond donors (Lipinski definition) is 2. The van der Waals surface area contributed by atoms with Gasteiger partial charge in [0.1, 0.15) is 0 Å². The Morgan fingerprint density at radius 2 is 1.62 bits per heavy atom. The summed E-state index contributed by atoms with van der Waals surface area (Å²) in [5.41, 5.74) is 8.87. The van der Waals surface area contributed by atoms with Crippen molar-refractivity contribution >= 4 is 5.71 Å². The summed E-state index contributed by atoms with van der Waals surface area (Å²) < 4.78 is 0. The van der Waals surface area contributed by atoms with Crippen LogP contribution in [-0.2, 0) is 0 Å². The molecule has 4 aliphatic carbocycles. The highest BCUT2D eigenvalue weighted by Crippen LogP contribution is 2.55. The molecule has 26 heavy (non-hydrogen) atoms. The molecule has 0 saturated heterocycles. The lowest BCUT2D eigenvalue weighted by atomic mass is 9.53. The van der Waals surface area contributed by atoms with E-state index in [1.807, 2.05) is 0 Å². The fraction of sp³-hybridized carbons (Fsp3) is 0.609. The van der Waals surface area contributed by atoms with Gasteiger partial charge < -0.3 is 10.3 Å². The molecule has 0 amide bonds. The summed E-state index contributed by atoms with van der Waals surface area (Å²) in [6.45, 7) is 8.70. The number of allylic oxidation sites excluding steroid dienone is 2. The number of nitrogens with one attached hydrogen (secondary N) is 2. The first-order valence-electron chi connectivity index (χ1n) is 10.3. The number of aryl methyl sites for hydroxylation is 2. The molecule has 3 nitrogen and oxygen atoms in total. The van der Waals surface area contributed by atoms with Gasteiger partial charge in [-0.3, -0.25) is 0 Å². The number of hydrogen-bond acceptors (Lipinski definition) is 2. The minimum Gasteiger partial charge on any atom is -0.384 e. The van der Waals surface area contributed by atoms with Crippen LogP contribution in [0.4, 0.5) is 0 Å². The highest BCUT2D eigenvalue weighted by atomic mass is 15.0. The summed E-state index contributed by atoms with van der Waals surface area (Å²) in [6, 6.07) is 2.20. The number of aromatic nitrogens is 1. The summed E-state index contributed by atoms with van der Waals surface area (Å²) in [5.74, 6) is 2.91. The minimum atomic E-state index is 0.354. The summed E-state index contributed by atoms with van der Waals surface area (Å²) in [5, 5.41) is 3.90. The Bertz CT molecular complexity index is 814. The van der Waals surface area contributed by atoms with Crippen LogP contribution in [0.3, 0.4) is 0 Å². The summed E-state index contributed by atoms with van der Waals surface area (Å²) in [4.78, 5) is 8.52. The molecule has 0 aromatic carbocycles. The molecule has 5 aliphatic rings. The smallest absolute Gasteiger partial charge is 0.0907 e. The predicted molar refractivity (Wildman–Crippen MR) is 107 cm³/mol. The van der Waals surface area contributed by atoms with Crippen molar-refractivity contribution < 1.29 is 0 Å². The Kier molecular flexibility index (Phi) is 3.54. The summed E-state index contributed by atoms with van der Waals surface area (Å²) in [6.07, 6.45) is 10.8. The lowest BCUT2D eigenvalue weighted by Gasteiger charge is -2.57. The Labute approximate surface area is 157 Å². The second-order valence-electron chi connectivity index (χ2n) is 9.59. The van der Waals surface area contributed by atoms with E-state index in [0.717, 1.165) is 29.2 Å². The van der Waals surface area contributed by atoms with Crippen molar-refractivity contribution in [2.24, 2.45) is 22.7 Å². The summed E-state index contributed by atoms with van der Waals surface area (Å²) in [7, 11) is 0. The highest BCUT2D eigenvalue weighted by Gasteiger charge is 2.50. The third kappa shape index (κ3) is 2.51. The molecule has 3 heteroatoms. The second kappa shape index (κ2) is 5.61. The van der Waals surface area contributed by atoms with Gasteiger partial charge in [-0.2, -0.15) is 0 Å². The molecule has 1 aromatic heterocycles. The third-order valence-electron chi connectivity index (χ3n) is 7.47. The van der Waals surface area contributed by atoms with Gasteiger partial charge in [-0.05, 0) is 107 Å². The number of nitrogens with zero attached hydrogens (tertiary/aromatic N) is 1. The van der Waals surface area contributed by atoms with Gasteiger partial charge >= 0.3 is 0 Å². The molecule has 2 N–H and O–H groups in total. The van der Waals surface area contributed by atoms with Crippen LogP contribution in [0.25, 0.3) is 0 Å². The number of H-pyrrole nitrogens is 1. The molecule has 4 fully saturated rings. The van der Waals surface area contributed by atoms with Crippen molar-refractivity contribution in [1.29, 1.82) is 0 Å². The van der Waals surface area contributed by atoms with Gasteiger partial charge in [-0.25, -0.2) is 4.99 Å². The van der Waals surface area contributed by atoms with Crippen molar-refractivity contribution in [2.75, 3.05) is 0 Å². The lowest BCUT2D eigenvalue weighted by molar-refractivity contribution is -0.0130. The van der Waals surface area contributed by atoms with E-state index in [9.17, 15) is 0 Å². The largest absolute Gasteiger partial charge is 0.384 e.